The number of hydrogen-bond acceptors (Lipinski definition) is 2. The molecule has 3 rings (SSSR count). The summed E-state index contributed by atoms with van der Waals surface area (Å²) in [6.45, 7) is 11.1. The number of carbonyl (C=O) groups is 1. The summed E-state index contributed by atoms with van der Waals surface area (Å²) in [6, 6.07) is 19.6. The lowest BCUT2D eigenvalue weighted by atomic mass is 9.83. The van der Waals surface area contributed by atoms with E-state index in [4.69, 9.17) is 16.3 Å². The maximum absolute atomic E-state index is 12.8. The van der Waals surface area contributed by atoms with Crippen LogP contribution < -0.4 is 4.74 Å². The lowest BCUT2D eigenvalue weighted by Crippen LogP contribution is -2.13. The molecule has 0 heterocycles. The topological polar surface area (TPSA) is 26.3 Å². The van der Waals surface area contributed by atoms with Gasteiger partial charge in [0.25, 0.3) is 0 Å². The molecular weight excluding hydrogens is 404 g/mol. The molecule has 160 valence electrons. The van der Waals surface area contributed by atoms with Crippen molar-refractivity contribution in [3.05, 3.63) is 105 Å². The molecule has 0 aliphatic rings. The van der Waals surface area contributed by atoms with Crippen molar-refractivity contribution in [3.8, 4) is 5.75 Å². The Hall–Kier alpha value is -2.84. The molecular formula is C28H29ClO2. The summed E-state index contributed by atoms with van der Waals surface area (Å²) >= 11 is 5.91. The van der Waals surface area contributed by atoms with Crippen LogP contribution in [0.3, 0.4) is 0 Å². The minimum Gasteiger partial charge on any atom is -0.489 e. The number of allylic oxidation sites excluding steroid dienone is 1. The molecule has 0 aromatic heterocycles. The average molecular weight is 433 g/mol. The van der Waals surface area contributed by atoms with E-state index in [1.807, 2.05) is 68.5 Å². The average Bonchev–Trinajstić information content (AvgIpc) is 2.71. The van der Waals surface area contributed by atoms with Crippen LogP contribution in [0.5, 0.6) is 5.75 Å². The Morgan fingerprint density at radius 2 is 1.52 bits per heavy atom. The van der Waals surface area contributed by atoms with Gasteiger partial charge >= 0.3 is 0 Å². The van der Waals surface area contributed by atoms with Gasteiger partial charge in [0.05, 0.1) is 0 Å². The van der Waals surface area contributed by atoms with Crippen molar-refractivity contribution in [1.82, 2.24) is 0 Å². The van der Waals surface area contributed by atoms with Crippen LogP contribution >= 0.6 is 11.6 Å². The third kappa shape index (κ3) is 6.08. The minimum absolute atomic E-state index is 0.0264. The first kappa shape index (κ1) is 22.8. The second-order valence-corrected chi connectivity index (χ2v) is 9.35. The normalized spacial score (nSPS) is 11.7. The van der Waals surface area contributed by atoms with Gasteiger partial charge in [-0.05, 0) is 77.4 Å². The Balaban J connectivity index is 1.66. The van der Waals surface area contributed by atoms with E-state index in [-0.39, 0.29) is 11.2 Å². The van der Waals surface area contributed by atoms with E-state index in [9.17, 15) is 4.79 Å². The number of aryl methyl sites for hydroxylation is 2. The van der Waals surface area contributed by atoms with Crippen LogP contribution in [-0.2, 0) is 12.0 Å². The van der Waals surface area contributed by atoms with E-state index in [1.54, 1.807) is 6.08 Å². The fourth-order valence-electron chi connectivity index (χ4n) is 3.46. The summed E-state index contributed by atoms with van der Waals surface area (Å²) < 4.78 is 5.82. The Morgan fingerprint density at radius 3 is 2.06 bits per heavy atom. The number of ether oxygens (including phenoxy) is 1. The van der Waals surface area contributed by atoms with Crippen LogP contribution in [0.15, 0.2) is 66.7 Å². The third-order valence-electron chi connectivity index (χ3n) is 5.27. The van der Waals surface area contributed by atoms with Crippen LogP contribution in [-0.4, -0.2) is 5.78 Å². The summed E-state index contributed by atoms with van der Waals surface area (Å²) in [5.74, 6) is 0.807. The first-order chi connectivity index (χ1) is 14.6. The summed E-state index contributed by atoms with van der Waals surface area (Å²) in [5.41, 5.74) is 6.14. The number of halogens is 1. The zero-order chi connectivity index (χ0) is 22.6. The molecule has 0 atom stereocenters. The zero-order valence-corrected chi connectivity index (χ0v) is 19.6. The summed E-state index contributed by atoms with van der Waals surface area (Å²) in [4.78, 5) is 12.8. The van der Waals surface area contributed by atoms with Gasteiger partial charge in [-0.15, -0.1) is 0 Å². The number of carbonyl (C=O) groups excluding carboxylic acids is 1. The highest BCUT2D eigenvalue weighted by molar-refractivity contribution is 6.30. The van der Waals surface area contributed by atoms with E-state index >= 15 is 0 Å². The minimum atomic E-state index is 0.0264. The molecule has 0 saturated heterocycles. The zero-order valence-electron chi connectivity index (χ0n) is 18.8. The molecule has 0 radical (unpaired) electrons. The second kappa shape index (κ2) is 9.53. The van der Waals surface area contributed by atoms with Crippen molar-refractivity contribution < 1.29 is 9.53 Å². The SMILES string of the molecule is Cc1cc(C(C)(C)C)cc(C)c1C(=O)/C=C/c1ccc(OCc2ccc(Cl)cc2)cc1. The number of ketones is 1. The molecule has 0 spiro atoms. The summed E-state index contributed by atoms with van der Waals surface area (Å²) in [6.07, 6.45) is 3.50. The van der Waals surface area contributed by atoms with Crippen molar-refractivity contribution in [1.29, 1.82) is 0 Å². The molecule has 3 aromatic rings. The van der Waals surface area contributed by atoms with Gasteiger partial charge in [-0.1, -0.05) is 74.8 Å². The molecule has 0 amide bonds. The van der Waals surface area contributed by atoms with Gasteiger partial charge in [0.2, 0.25) is 0 Å². The van der Waals surface area contributed by atoms with E-state index < -0.39 is 0 Å². The van der Waals surface area contributed by atoms with Crippen LogP contribution in [0.4, 0.5) is 0 Å². The molecule has 3 aromatic carbocycles. The first-order valence-corrected chi connectivity index (χ1v) is 10.8. The van der Waals surface area contributed by atoms with Gasteiger partial charge in [0.15, 0.2) is 5.78 Å². The van der Waals surface area contributed by atoms with Gasteiger partial charge in [0, 0.05) is 10.6 Å². The third-order valence-corrected chi connectivity index (χ3v) is 5.52. The largest absolute Gasteiger partial charge is 0.489 e. The van der Waals surface area contributed by atoms with Crippen LogP contribution in [0.1, 0.15) is 58.9 Å². The van der Waals surface area contributed by atoms with Crippen molar-refractivity contribution in [2.75, 3.05) is 0 Å². The predicted molar refractivity (Wildman–Crippen MR) is 130 cm³/mol. The molecule has 0 unspecified atom stereocenters. The predicted octanol–water partition coefficient (Wildman–Crippen LogP) is 7.73. The maximum Gasteiger partial charge on any atom is 0.186 e. The van der Waals surface area contributed by atoms with Gasteiger partial charge in [-0.25, -0.2) is 0 Å². The van der Waals surface area contributed by atoms with Gasteiger partial charge in [-0.3, -0.25) is 4.79 Å². The molecule has 0 aliphatic carbocycles. The van der Waals surface area contributed by atoms with Crippen molar-refractivity contribution in [2.24, 2.45) is 0 Å². The highest BCUT2D eigenvalue weighted by Gasteiger charge is 2.18. The molecule has 0 aliphatic heterocycles. The molecule has 0 N–H and O–H groups in total. The number of hydrogen-bond donors (Lipinski definition) is 0. The Labute approximate surface area is 190 Å². The fraction of sp³-hybridized carbons (Fsp3) is 0.250. The van der Waals surface area contributed by atoms with Crippen molar-refractivity contribution in [3.63, 3.8) is 0 Å². The summed E-state index contributed by atoms with van der Waals surface area (Å²) in [5, 5.41) is 0.713. The van der Waals surface area contributed by atoms with Crippen molar-refractivity contribution in [2.45, 2.75) is 46.6 Å². The second-order valence-electron chi connectivity index (χ2n) is 8.92. The molecule has 0 saturated carbocycles. The van der Waals surface area contributed by atoms with E-state index in [1.165, 1.54) is 5.56 Å². The summed E-state index contributed by atoms with van der Waals surface area (Å²) in [7, 11) is 0. The Bertz CT molecular complexity index is 1060. The molecule has 2 nitrogen and oxygen atoms in total. The maximum atomic E-state index is 12.8. The van der Waals surface area contributed by atoms with Gasteiger partial charge in [0.1, 0.15) is 12.4 Å². The van der Waals surface area contributed by atoms with Crippen LogP contribution in [0, 0.1) is 13.8 Å². The number of rotatable bonds is 6. The smallest absolute Gasteiger partial charge is 0.186 e. The van der Waals surface area contributed by atoms with Crippen LogP contribution in [0.2, 0.25) is 5.02 Å². The van der Waals surface area contributed by atoms with Crippen LogP contribution in [0.25, 0.3) is 6.08 Å². The molecule has 0 bridgehead atoms. The Kier molecular flexibility index (Phi) is 7.02. The number of benzene rings is 3. The van der Waals surface area contributed by atoms with E-state index in [2.05, 4.69) is 32.9 Å². The van der Waals surface area contributed by atoms with E-state index in [0.29, 0.717) is 11.6 Å². The lowest BCUT2D eigenvalue weighted by molar-refractivity contribution is 0.104. The monoisotopic (exact) mass is 432 g/mol. The highest BCUT2D eigenvalue weighted by atomic mass is 35.5. The van der Waals surface area contributed by atoms with Crippen molar-refractivity contribution >= 4 is 23.5 Å². The first-order valence-electron chi connectivity index (χ1n) is 10.4. The van der Waals surface area contributed by atoms with E-state index in [0.717, 1.165) is 33.6 Å². The fourth-order valence-corrected chi connectivity index (χ4v) is 3.59. The molecule has 0 fully saturated rings. The quantitative estimate of drug-likeness (QED) is 0.294. The lowest BCUT2D eigenvalue weighted by Gasteiger charge is -2.21. The molecule has 3 heteroatoms. The highest BCUT2D eigenvalue weighted by Crippen LogP contribution is 2.27. The molecule has 31 heavy (non-hydrogen) atoms. The Morgan fingerprint density at radius 1 is 0.935 bits per heavy atom. The van der Waals surface area contributed by atoms with Gasteiger partial charge in [-0.2, -0.15) is 0 Å². The van der Waals surface area contributed by atoms with Gasteiger partial charge < -0.3 is 4.74 Å². The standard InChI is InChI=1S/C28H29ClO2/c1-19-16-23(28(3,4)5)17-20(2)27(19)26(30)15-10-21-8-13-25(14-9-21)31-18-22-6-11-24(29)12-7-22/h6-17H,18H2,1-5H3/b15-10+.